The molecule has 0 fully saturated rings. The minimum atomic E-state index is -2.38. The first-order valence-corrected chi connectivity index (χ1v) is 18.5. The Kier molecular flexibility index (Phi) is 8.49. The molecule has 0 aliphatic heterocycles. The molecule has 6 rings (SSSR count). The average Bonchev–Trinajstić information content (AvgIpc) is 3.42. The minimum Gasteiger partial charge on any atom is -0.501 e. The summed E-state index contributed by atoms with van der Waals surface area (Å²) in [6, 6.07) is 25.3. The summed E-state index contributed by atoms with van der Waals surface area (Å²) in [5.74, 6) is -1.52. The first kappa shape index (κ1) is 27.6. The topological polar surface area (TPSA) is 38.9 Å². The summed E-state index contributed by atoms with van der Waals surface area (Å²) < 4.78 is 68.1. The molecule has 6 aromatic rings. The van der Waals surface area contributed by atoms with E-state index in [0.29, 0.717) is 17.0 Å². The van der Waals surface area contributed by atoms with Gasteiger partial charge in [0.25, 0.3) is 0 Å². The number of rotatable bonds is 5. The van der Waals surface area contributed by atoms with Crippen molar-refractivity contribution in [3.05, 3.63) is 114 Å². The Morgan fingerprint density at radius 3 is 2.39 bits per heavy atom. The van der Waals surface area contributed by atoms with Crippen molar-refractivity contribution in [1.82, 2.24) is 9.97 Å². The number of halogens is 1. The largest absolute Gasteiger partial charge is 0.501 e. The number of aromatic nitrogens is 2. The van der Waals surface area contributed by atoms with Gasteiger partial charge in [0, 0.05) is 51.9 Å². The van der Waals surface area contributed by atoms with Crippen LogP contribution in [0.5, 0.6) is 0 Å². The molecule has 0 aliphatic carbocycles. The summed E-state index contributed by atoms with van der Waals surface area (Å²) in [7, 11) is -1.72. The molecule has 0 bridgehead atoms. The normalized spacial score (nSPS) is 14.5. The van der Waals surface area contributed by atoms with Gasteiger partial charge in [0.1, 0.15) is 5.58 Å². The van der Waals surface area contributed by atoms with Crippen LogP contribution in [0.15, 0.2) is 83.5 Å². The third kappa shape index (κ3) is 8.09. The van der Waals surface area contributed by atoms with Crippen LogP contribution in [-0.4, -0.2) is 18.0 Å². The zero-order valence-electron chi connectivity index (χ0n) is 33.5. The zero-order chi connectivity index (χ0) is 37.7. The van der Waals surface area contributed by atoms with E-state index in [1.54, 1.807) is 38.4 Å². The minimum absolute atomic E-state index is 0. The number of pyridine rings is 2. The predicted molar refractivity (Wildman–Crippen MR) is 189 cm³/mol. The standard InChI is InChI=1S/C22H20NO.C18H23FNSi.Ir/c1-22(2,3)14-15-11-12-23-19(13-15)18-9-6-8-17-16-7-4-5-10-20(16)24-21(17)18;1-12(2)15-10-17(20-11-18(15)21(4,5)6)14-8-7-13(3)9-16(14)19;/h4-8,10-13H,14H2,1-3H3;7,9-12H,1-6H3;/q2*-1;/i14D2;3D3,12D;. The van der Waals surface area contributed by atoms with Gasteiger partial charge in [-0.15, -0.1) is 42.0 Å². The van der Waals surface area contributed by atoms with Crippen molar-refractivity contribution in [2.75, 3.05) is 0 Å². The third-order valence-electron chi connectivity index (χ3n) is 7.27. The molecule has 0 atom stereocenters. The molecule has 3 aromatic heterocycles. The maximum absolute atomic E-state index is 14.5. The number of benzene rings is 3. The summed E-state index contributed by atoms with van der Waals surface area (Å²) >= 11 is 0. The molecule has 46 heavy (non-hydrogen) atoms. The van der Waals surface area contributed by atoms with E-state index in [9.17, 15) is 4.39 Å². The van der Waals surface area contributed by atoms with E-state index in [1.807, 2.05) is 63.2 Å². The Bertz CT molecular complexity index is 2220. The molecular weight excluding hydrogens is 764 g/mol. The van der Waals surface area contributed by atoms with Gasteiger partial charge in [0.05, 0.1) is 13.7 Å². The van der Waals surface area contributed by atoms with Crippen LogP contribution in [-0.2, 0) is 26.5 Å². The van der Waals surface area contributed by atoms with Gasteiger partial charge >= 0.3 is 0 Å². The van der Waals surface area contributed by atoms with E-state index in [0.717, 1.165) is 44.3 Å². The quantitative estimate of drug-likeness (QED) is 0.129. The molecule has 0 amide bonds. The first-order valence-electron chi connectivity index (χ1n) is 18.0. The molecule has 241 valence electrons. The van der Waals surface area contributed by atoms with Gasteiger partial charge in [-0.2, -0.15) is 0 Å². The van der Waals surface area contributed by atoms with E-state index < -0.39 is 38.4 Å². The van der Waals surface area contributed by atoms with Crippen LogP contribution in [0.3, 0.4) is 0 Å². The Labute approximate surface area is 296 Å². The summed E-state index contributed by atoms with van der Waals surface area (Å²) in [6.45, 7) is 13.5. The van der Waals surface area contributed by atoms with Crippen molar-refractivity contribution in [3.8, 4) is 22.5 Å². The third-order valence-corrected chi connectivity index (χ3v) is 9.29. The second kappa shape index (κ2) is 14.1. The molecule has 0 saturated heterocycles. The molecule has 3 aromatic carbocycles. The van der Waals surface area contributed by atoms with Gasteiger partial charge in [-0.05, 0) is 46.4 Å². The summed E-state index contributed by atoms with van der Waals surface area (Å²) in [5, 5.41) is 3.13. The Hall–Kier alpha value is -3.44. The van der Waals surface area contributed by atoms with E-state index >= 15 is 0 Å². The first-order chi connectivity index (χ1) is 23.5. The number of para-hydroxylation sites is 1. The van der Waals surface area contributed by atoms with Gasteiger partial charge < -0.3 is 14.4 Å². The monoisotopic (exact) mass is 813 g/mol. The SMILES string of the molecule is [2H]C([2H])([2H])c1c[c-]c(-c2cc(C([2H])(C)C)c([Si](C)(C)C)cn2)c(F)c1.[2H]C([2H])(c1ccnc(-c2[c-]ccc3c2oc2ccccc23)c1)C(C)(C)C.[Ir]. The van der Waals surface area contributed by atoms with Crippen LogP contribution < -0.4 is 5.19 Å². The van der Waals surface area contributed by atoms with Crippen molar-refractivity contribution in [1.29, 1.82) is 0 Å². The molecule has 3 nitrogen and oxygen atoms in total. The smallest absolute Gasteiger partial charge is 0.120 e. The predicted octanol–water partition coefficient (Wildman–Crippen LogP) is 10.7. The van der Waals surface area contributed by atoms with Gasteiger partial charge in [0.2, 0.25) is 0 Å². The number of aryl methyl sites for hydroxylation is 1. The van der Waals surface area contributed by atoms with Crippen molar-refractivity contribution in [2.24, 2.45) is 5.41 Å². The second-order valence-corrected chi connectivity index (χ2v) is 18.5. The van der Waals surface area contributed by atoms with Gasteiger partial charge in [-0.3, -0.25) is 4.39 Å². The van der Waals surface area contributed by atoms with E-state index in [1.165, 1.54) is 6.07 Å². The molecule has 0 unspecified atom stereocenters. The van der Waals surface area contributed by atoms with Crippen LogP contribution in [0.2, 0.25) is 19.6 Å². The van der Waals surface area contributed by atoms with E-state index in [4.69, 9.17) is 12.6 Å². The number of nitrogens with zero attached hydrogens (tertiary/aromatic N) is 2. The van der Waals surface area contributed by atoms with Crippen molar-refractivity contribution in [3.63, 3.8) is 0 Å². The second-order valence-electron chi connectivity index (χ2n) is 13.5. The van der Waals surface area contributed by atoms with E-state index in [2.05, 4.69) is 41.7 Å². The van der Waals surface area contributed by atoms with Gasteiger partial charge in [-0.1, -0.05) is 119 Å². The number of furan rings is 1. The van der Waals surface area contributed by atoms with Crippen LogP contribution in [0.25, 0.3) is 44.5 Å². The molecule has 1 radical (unpaired) electrons. The number of fused-ring (bicyclic) bond motifs is 3. The number of hydrogen-bond acceptors (Lipinski definition) is 3. The van der Waals surface area contributed by atoms with E-state index in [-0.39, 0.29) is 31.2 Å². The molecule has 3 heterocycles. The van der Waals surface area contributed by atoms with Crippen LogP contribution in [0.1, 0.15) is 65.4 Å². The van der Waals surface area contributed by atoms with Crippen LogP contribution >= 0.6 is 0 Å². The Balaban J connectivity index is 0.000000229. The van der Waals surface area contributed by atoms with Gasteiger partial charge in [0.15, 0.2) is 0 Å². The summed E-state index contributed by atoms with van der Waals surface area (Å²) in [4.78, 5) is 8.85. The molecule has 0 spiro atoms. The maximum Gasteiger partial charge on any atom is 0.120 e. The Morgan fingerprint density at radius 2 is 1.72 bits per heavy atom. The summed E-state index contributed by atoms with van der Waals surface area (Å²) in [5.41, 5.74) is 4.28. The molecule has 6 heteroatoms. The zero-order valence-corrected chi connectivity index (χ0v) is 30.9. The molecule has 0 aliphatic rings. The average molecular weight is 813 g/mol. The van der Waals surface area contributed by atoms with Crippen LogP contribution in [0, 0.1) is 30.2 Å². The summed E-state index contributed by atoms with van der Waals surface area (Å²) in [6.07, 6.45) is 1.91. The Morgan fingerprint density at radius 1 is 0.978 bits per heavy atom. The van der Waals surface area contributed by atoms with Crippen LogP contribution in [0.4, 0.5) is 4.39 Å². The number of hydrogen-bond donors (Lipinski definition) is 0. The molecular formula is C40H43FIrN2OSi-2. The fourth-order valence-corrected chi connectivity index (χ4v) is 6.81. The molecule has 0 N–H and O–H groups in total. The van der Waals surface area contributed by atoms with Gasteiger partial charge in [-0.25, -0.2) is 0 Å². The fourth-order valence-electron chi connectivity index (χ4n) is 5.23. The van der Waals surface area contributed by atoms with Crippen molar-refractivity contribution in [2.45, 2.75) is 73.4 Å². The molecule has 0 saturated carbocycles. The van der Waals surface area contributed by atoms with Crippen molar-refractivity contribution < 1.29 is 37.1 Å². The maximum atomic E-state index is 14.5. The fraction of sp³-hybridized carbons (Fsp3) is 0.300. The van der Waals surface area contributed by atoms with Crippen molar-refractivity contribution >= 4 is 35.2 Å².